The van der Waals surface area contributed by atoms with Crippen molar-refractivity contribution < 1.29 is 14.1 Å². The third-order valence-corrected chi connectivity index (χ3v) is 2.98. The lowest BCUT2D eigenvalue weighted by molar-refractivity contribution is -0.384. The highest BCUT2D eigenvalue weighted by Gasteiger charge is 2.19. The third kappa shape index (κ3) is 3.25. The summed E-state index contributed by atoms with van der Waals surface area (Å²) in [7, 11) is 1.41. The van der Waals surface area contributed by atoms with Crippen molar-refractivity contribution >= 4 is 11.5 Å². The first kappa shape index (κ1) is 14.7. The number of hydrogen-bond donors (Lipinski definition) is 1. The lowest BCUT2D eigenvalue weighted by Crippen LogP contribution is -2.11. The summed E-state index contributed by atoms with van der Waals surface area (Å²) in [5, 5.41) is 13.9. The second-order valence-corrected chi connectivity index (χ2v) is 4.37. The normalized spacial score (nSPS) is 11.8. The molecule has 0 saturated heterocycles. The molecule has 1 aromatic carbocycles. The molecule has 1 heterocycles. The molecule has 21 heavy (non-hydrogen) atoms. The Labute approximate surface area is 120 Å². The van der Waals surface area contributed by atoms with E-state index in [2.05, 4.69) is 10.3 Å². The van der Waals surface area contributed by atoms with Crippen molar-refractivity contribution in [3.8, 4) is 5.88 Å². The van der Waals surface area contributed by atoms with Gasteiger partial charge in [0.05, 0.1) is 18.1 Å². The Morgan fingerprint density at radius 2 is 2.05 bits per heavy atom. The van der Waals surface area contributed by atoms with E-state index >= 15 is 0 Å². The summed E-state index contributed by atoms with van der Waals surface area (Å²) in [6.07, 6.45) is 0. The van der Waals surface area contributed by atoms with Crippen molar-refractivity contribution in [1.82, 2.24) is 4.98 Å². The van der Waals surface area contributed by atoms with E-state index in [-0.39, 0.29) is 23.2 Å². The molecule has 110 valence electrons. The van der Waals surface area contributed by atoms with Crippen LogP contribution in [0.1, 0.15) is 18.5 Å². The van der Waals surface area contributed by atoms with E-state index in [4.69, 9.17) is 4.74 Å². The molecular formula is C14H14FN3O3. The molecule has 0 radical (unpaired) electrons. The van der Waals surface area contributed by atoms with Gasteiger partial charge < -0.3 is 10.1 Å². The number of ether oxygens (including phenoxy) is 1. The van der Waals surface area contributed by atoms with E-state index in [9.17, 15) is 14.5 Å². The minimum atomic E-state index is -0.553. The summed E-state index contributed by atoms with van der Waals surface area (Å²) >= 11 is 0. The third-order valence-electron chi connectivity index (χ3n) is 2.98. The molecule has 2 rings (SSSR count). The van der Waals surface area contributed by atoms with Crippen LogP contribution < -0.4 is 10.1 Å². The second kappa shape index (κ2) is 6.17. The average Bonchev–Trinajstić information content (AvgIpc) is 2.47. The lowest BCUT2D eigenvalue weighted by atomic mass is 10.1. The van der Waals surface area contributed by atoms with Crippen LogP contribution in [0, 0.1) is 15.9 Å². The number of nitro groups is 1. The number of hydrogen-bond acceptors (Lipinski definition) is 5. The summed E-state index contributed by atoms with van der Waals surface area (Å²) in [4.78, 5) is 14.5. The van der Waals surface area contributed by atoms with Crippen molar-refractivity contribution in [3.63, 3.8) is 0 Å². The van der Waals surface area contributed by atoms with Crippen LogP contribution in [0.4, 0.5) is 15.9 Å². The smallest absolute Gasteiger partial charge is 0.311 e. The molecule has 1 unspecified atom stereocenters. The highest BCUT2D eigenvalue weighted by Crippen LogP contribution is 2.29. The van der Waals surface area contributed by atoms with Crippen molar-refractivity contribution in [2.45, 2.75) is 13.0 Å². The van der Waals surface area contributed by atoms with Crippen LogP contribution in [-0.2, 0) is 0 Å². The standard InChI is InChI=1S/C14H14FN3O3/c1-9(10-5-3-4-6-11(10)15)16-14-12(18(19)20)7-8-13(17-14)21-2/h3-9H,1-2H3,(H,16,17). The predicted molar refractivity (Wildman–Crippen MR) is 75.9 cm³/mol. The fourth-order valence-electron chi connectivity index (χ4n) is 1.91. The van der Waals surface area contributed by atoms with E-state index in [1.165, 1.54) is 25.3 Å². The van der Waals surface area contributed by atoms with E-state index in [1.54, 1.807) is 25.1 Å². The molecule has 0 fully saturated rings. The number of benzene rings is 1. The molecule has 1 aromatic heterocycles. The minimum absolute atomic E-state index is 0.0371. The maximum absolute atomic E-state index is 13.7. The molecule has 0 bridgehead atoms. The van der Waals surface area contributed by atoms with Gasteiger partial charge in [0.1, 0.15) is 5.82 Å². The Morgan fingerprint density at radius 1 is 1.33 bits per heavy atom. The number of halogens is 1. The van der Waals surface area contributed by atoms with E-state index < -0.39 is 11.0 Å². The van der Waals surface area contributed by atoms with Gasteiger partial charge in [0, 0.05) is 17.7 Å². The monoisotopic (exact) mass is 291 g/mol. The van der Waals surface area contributed by atoms with Crippen LogP contribution in [0.5, 0.6) is 5.88 Å². The number of nitrogens with zero attached hydrogens (tertiary/aromatic N) is 2. The van der Waals surface area contributed by atoms with Gasteiger partial charge in [-0.1, -0.05) is 18.2 Å². The number of anilines is 1. The summed E-state index contributed by atoms with van der Waals surface area (Å²) in [6.45, 7) is 1.70. The number of nitrogens with one attached hydrogen (secondary N) is 1. The Morgan fingerprint density at radius 3 is 2.67 bits per heavy atom. The molecule has 1 N–H and O–H groups in total. The Kier molecular flexibility index (Phi) is 4.32. The predicted octanol–water partition coefficient (Wildman–Crippen LogP) is 3.31. The van der Waals surface area contributed by atoms with Crippen molar-refractivity contribution in [1.29, 1.82) is 0 Å². The summed E-state index contributed by atoms with van der Waals surface area (Å²) < 4.78 is 18.7. The quantitative estimate of drug-likeness (QED) is 0.675. The van der Waals surface area contributed by atoms with Crippen LogP contribution in [0.25, 0.3) is 0 Å². The summed E-state index contributed by atoms with van der Waals surface area (Å²) in [6, 6.07) is 8.44. The Hall–Kier alpha value is -2.70. The number of rotatable bonds is 5. The van der Waals surface area contributed by atoms with Gasteiger partial charge in [-0.15, -0.1) is 0 Å². The second-order valence-electron chi connectivity index (χ2n) is 4.37. The number of methoxy groups -OCH3 is 1. The van der Waals surface area contributed by atoms with Crippen LogP contribution in [-0.4, -0.2) is 17.0 Å². The van der Waals surface area contributed by atoms with Crippen LogP contribution in [0.2, 0.25) is 0 Å². The van der Waals surface area contributed by atoms with Gasteiger partial charge in [-0.25, -0.2) is 4.39 Å². The van der Waals surface area contributed by atoms with Gasteiger partial charge in [-0.3, -0.25) is 10.1 Å². The van der Waals surface area contributed by atoms with Crippen molar-refractivity contribution in [2.24, 2.45) is 0 Å². The maximum Gasteiger partial charge on any atom is 0.311 e. The first-order valence-electron chi connectivity index (χ1n) is 6.23. The minimum Gasteiger partial charge on any atom is -0.481 e. The Bertz CT molecular complexity index is 664. The van der Waals surface area contributed by atoms with Crippen LogP contribution in [0.3, 0.4) is 0 Å². The Balaban J connectivity index is 2.34. The first-order valence-corrected chi connectivity index (χ1v) is 6.23. The summed E-state index contributed by atoms with van der Waals surface area (Å²) in [5.41, 5.74) is 0.204. The molecule has 0 aliphatic carbocycles. The van der Waals surface area contributed by atoms with Crippen LogP contribution in [0.15, 0.2) is 36.4 Å². The van der Waals surface area contributed by atoms with Crippen LogP contribution >= 0.6 is 0 Å². The molecule has 0 aliphatic rings. The van der Waals surface area contributed by atoms with E-state index in [1.807, 2.05) is 0 Å². The molecule has 6 nitrogen and oxygen atoms in total. The maximum atomic E-state index is 13.7. The van der Waals surface area contributed by atoms with Crippen molar-refractivity contribution in [2.75, 3.05) is 12.4 Å². The van der Waals surface area contributed by atoms with Gasteiger partial charge >= 0.3 is 5.69 Å². The molecule has 0 saturated carbocycles. The topological polar surface area (TPSA) is 77.3 Å². The SMILES string of the molecule is COc1ccc([N+](=O)[O-])c(NC(C)c2ccccc2F)n1. The molecule has 0 spiro atoms. The van der Waals surface area contributed by atoms with Gasteiger partial charge in [-0.05, 0) is 13.0 Å². The van der Waals surface area contributed by atoms with Crippen molar-refractivity contribution in [3.05, 3.63) is 57.9 Å². The van der Waals surface area contributed by atoms with Gasteiger partial charge in [0.2, 0.25) is 11.7 Å². The van der Waals surface area contributed by atoms with Gasteiger partial charge in [0.15, 0.2) is 0 Å². The zero-order valence-electron chi connectivity index (χ0n) is 11.5. The molecular weight excluding hydrogens is 277 g/mol. The average molecular weight is 291 g/mol. The summed E-state index contributed by atoms with van der Waals surface area (Å²) in [5.74, 6) is -0.109. The molecule has 0 amide bonds. The van der Waals surface area contributed by atoms with E-state index in [0.29, 0.717) is 5.56 Å². The molecule has 7 heteroatoms. The van der Waals surface area contributed by atoms with Gasteiger partial charge in [-0.2, -0.15) is 4.98 Å². The molecule has 1 atom stereocenters. The largest absolute Gasteiger partial charge is 0.481 e. The zero-order chi connectivity index (χ0) is 15.4. The highest BCUT2D eigenvalue weighted by atomic mass is 19.1. The molecule has 0 aliphatic heterocycles. The fraction of sp³-hybridized carbons (Fsp3) is 0.214. The lowest BCUT2D eigenvalue weighted by Gasteiger charge is -2.16. The first-order chi connectivity index (χ1) is 10.0. The molecule has 2 aromatic rings. The number of pyridine rings is 1. The zero-order valence-corrected chi connectivity index (χ0v) is 11.5. The number of aromatic nitrogens is 1. The fourth-order valence-corrected chi connectivity index (χ4v) is 1.91. The highest BCUT2D eigenvalue weighted by molar-refractivity contribution is 5.58. The van der Waals surface area contributed by atoms with E-state index in [0.717, 1.165) is 0 Å². The van der Waals surface area contributed by atoms with Gasteiger partial charge in [0.25, 0.3) is 0 Å².